The van der Waals surface area contributed by atoms with Gasteiger partial charge in [0, 0.05) is 29.9 Å². The van der Waals surface area contributed by atoms with Crippen LogP contribution in [0.5, 0.6) is 0 Å². The van der Waals surface area contributed by atoms with Gasteiger partial charge in [-0.05, 0) is 71.4 Å². The first-order chi connectivity index (χ1) is 18.1. The number of aliphatic carboxylic acids is 1. The number of aryl methyl sites for hydroxylation is 1. The van der Waals surface area contributed by atoms with Crippen LogP contribution in [0.3, 0.4) is 0 Å². The second-order valence-corrected chi connectivity index (χ2v) is 11.1. The van der Waals surface area contributed by atoms with Gasteiger partial charge in [-0.1, -0.05) is 0 Å². The highest BCUT2D eigenvalue weighted by Gasteiger charge is 2.34. The van der Waals surface area contributed by atoms with Crippen molar-refractivity contribution in [2.45, 2.75) is 83.5 Å². The lowest BCUT2D eigenvalue weighted by molar-refractivity contribution is -0.143. The van der Waals surface area contributed by atoms with Crippen molar-refractivity contribution < 1.29 is 24.5 Å². The monoisotopic (exact) mass is 524 g/mol. The number of rotatable bonds is 6. The summed E-state index contributed by atoms with van der Waals surface area (Å²) >= 11 is 0. The van der Waals surface area contributed by atoms with Gasteiger partial charge in [-0.2, -0.15) is 5.10 Å². The average molecular weight is 525 g/mol. The number of anilines is 3. The van der Waals surface area contributed by atoms with E-state index in [1.807, 2.05) is 31.3 Å². The van der Waals surface area contributed by atoms with E-state index in [-0.39, 0.29) is 24.1 Å². The second-order valence-electron chi connectivity index (χ2n) is 11.1. The Kier molecular flexibility index (Phi) is 6.81. The Morgan fingerprint density at radius 2 is 1.89 bits per heavy atom. The first-order valence-corrected chi connectivity index (χ1v) is 13.2. The van der Waals surface area contributed by atoms with E-state index in [2.05, 4.69) is 15.0 Å². The minimum absolute atomic E-state index is 0.0121. The van der Waals surface area contributed by atoms with E-state index in [9.17, 15) is 19.8 Å². The van der Waals surface area contributed by atoms with Gasteiger partial charge in [0.25, 0.3) is 0 Å². The highest BCUT2D eigenvalue weighted by molar-refractivity contribution is 5.96. The van der Waals surface area contributed by atoms with Crippen molar-refractivity contribution in [1.82, 2.24) is 19.3 Å². The molecule has 0 spiro atoms. The Morgan fingerprint density at radius 1 is 1.16 bits per heavy atom. The molecule has 0 saturated heterocycles. The highest BCUT2D eigenvalue weighted by Crippen LogP contribution is 2.41. The van der Waals surface area contributed by atoms with Gasteiger partial charge >= 0.3 is 12.1 Å². The van der Waals surface area contributed by atoms with Crippen molar-refractivity contribution >= 4 is 40.5 Å². The summed E-state index contributed by atoms with van der Waals surface area (Å²) in [6.45, 7) is 5.83. The minimum Gasteiger partial charge on any atom is -0.481 e. The van der Waals surface area contributed by atoms with E-state index in [0.717, 1.165) is 48.0 Å². The number of carbonyl (C=O) groups is 2. The van der Waals surface area contributed by atoms with Gasteiger partial charge in [0.15, 0.2) is 5.82 Å². The first kappa shape index (κ1) is 26.0. The molecule has 1 saturated carbocycles. The maximum Gasteiger partial charge on any atom is 0.414 e. The Balaban J connectivity index is 1.57. The zero-order valence-electron chi connectivity index (χ0n) is 22.3. The normalized spacial score (nSPS) is 21.8. The van der Waals surface area contributed by atoms with Crippen LogP contribution in [0.2, 0.25) is 0 Å². The van der Waals surface area contributed by atoms with Crippen molar-refractivity contribution in [1.29, 1.82) is 0 Å². The molecule has 0 bridgehead atoms. The minimum atomic E-state index is -0.902. The fraction of sp³-hybridized carbons (Fsp3) is 0.556. The van der Waals surface area contributed by atoms with Crippen molar-refractivity contribution in [2.24, 2.45) is 5.92 Å². The number of nitrogens with zero attached hydrogens (tertiary/aromatic N) is 5. The number of aromatic nitrogens is 4. The smallest absolute Gasteiger partial charge is 0.414 e. The van der Waals surface area contributed by atoms with Gasteiger partial charge in [-0.25, -0.2) is 9.78 Å². The average Bonchev–Trinajstić information content (AvgIpc) is 3.46. The number of carboxylic acids is 1. The van der Waals surface area contributed by atoms with Crippen LogP contribution in [0.4, 0.5) is 22.2 Å². The Morgan fingerprint density at radius 3 is 2.55 bits per heavy atom. The fourth-order valence-corrected chi connectivity index (χ4v) is 5.84. The van der Waals surface area contributed by atoms with Crippen LogP contribution in [0, 0.1) is 5.92 Å². The van der Waals surface area contributed by atoms with Crippen LogP contribution in [0.1, 0.15) is 64.5 Å². The summed E-state index contributed by atoms with van der Waals surface area (Å²) in [6.07, 6.45) is 5.67. The number of benzene rings is 1. The zero-order chi connectivity index (χ0) is 27.2. The number of hydrogen-bond acceptors (Lipinski definition) is 7. The number of carbonyl (C=O) groups excluding carboxylic acids is 1. The number of methoxy groups -OCH3 is 1. The molecular formula is C27H36N6O5. The lowest BCUT2D eigenvalue weighted by Crippen LogP contribution is -2.42. The molecule has 5 rings (SSSR count). The van der Waals surface area contributed by atoms with Crippen LogP contribution < -0.4 is 10.2 Å². The third-order valence-electron chi connectivity index (χ3n) is 7.67. The molecule has 1 aliphatic heterocycles. The lowest BCUT2D eigenvalue weighted by atomic mass is 9.86. The number of fused-ring (bicyclic) bond motifs is 3. The largest absolute Gasteiger partial charge is 0.481 e. The third kappa shape index (κ3) is 4.94. The van der Waals surface area contributed by atoms with Gasteiger partial charge in [0.05, 0.1) is 41.9 Å². The maximum absolute atomic E-state index is 12.6. The molecule has 11 heteroatoms. The van der Waals surface area contributed by atoms with Gasteiger partial charge in [-0.15, -0.1) is 0 Å². The molecule has 1 amide bonds. The molecule has 0 radical (unpaired) electrons. The number of carboxylic acid groups (broad SMARTS) is 1. The number of imidazole rings is 1. The molecule has 1 aromatic carbocycles. The van der Waals surface area contributed by atoms with Crippen molar-refractivity contribution in [3.05, 3.63) is 30.0 Å². The molecule has 1 unspecified atom stereocenters. The summed E-state index contributed by atoms with van der Waals surface area (Å²) in [5, 5.41) is 27.6. The van der Waals surface area contributed by atoms with Gasteiger partial charge in [0.2, 0.25) is 5.95 Å². The van der Waals surface area contributed by atoms with Crippen LogP contribution in [-0.4, -0.2) is 60.4 Å². The van der Waals surface area contributed by atoms with E-state index >= 15 is 0 Å². The first-order valence-electron chi connectivity index (χ1n) is 13.2. The van der Waals surface area contributed by atoms with E-state index in [4.69, 9.17) is 9.72 Å². The SMILES string of the molecule is COC(=O)N1c2ccc3c(nc(Nc4ccn(CC(C)(C)O)n4)n3C3CCC(C(=O)O)CC3)c2CCC1C. The lowest BCUT2D eigenvalue weighted by Gasteiger charge is -2.34. The van der Waals surface area contributed by atoms with E-state index in [0.29, 0.717) is 31.2 Å². The molecular weight excluding hydrogens is 488 g/mol. The summed E-state index contributed by atoms with van der Waals surface area (Å²) in [6, 6.07) is 5.89. The van der Waals surface area contributed by atoms with Gasteiger partial charge < -0.3 is 24.8 Å². The molecule has 1 atom stereocenters. The predicted octanol–water partition coefficient (Wildman–Crippen LogP) is 4.47. The third-order valence-corrected chi connectivity index (χ3v) is 7.67. The predicted molar refractivity (Wildman–Crippen MR) is 143 cm³/mol. The second kappa shape index (κ2) is 9.94. The molecule has 3 N–H and O–H groups in total. The quantitative estimate of drug-likeness (QED) is 0.430. The highest BCUT2D eigenvalue weighted by atomic mass is 16.5. The Labute approximate surface area is 221 Å². The summed E-state index contributed by atoms with van der Waals surface area (Å²) < 4.78 is 8.93. The topological polar surface area (TPSA) is 135 Å². The van der Waals surface area contributed by atoms with Crippen LogP contribution in [0.15, 0.2) is 24.4 Å². The maximum atomic E-state index is 12.6. The number of amides is 1. The van der Waals surface area contributed by atoms with Crippen molar-refractivity contribution in [2.75, 3.05) is 17.3 Å². The summed E-state index contributed by atoms with van der Waals surface area (Å²) in [7, 11) is 1.39. The fourth-order valence-electron chi connectivity index (χ4n) is 5.84. The number of aliphatic hydroxyl groups is 1. The van der Waals surface area contributed by atoms with Crippen LogP contribution in [-0.2, 0) is 22.5 Å². The Hall–Kier alpha value is -3.60. The molecule has 1 fully saturated rings. The number of ether oxygens (including phenoxy) is 1. The summed E-state index contributed by atoms with van der Waals surface area (Å²) in [5.41, 5.74) is 2.67. The Bertz CT molecular complexity index is 1350. The number of nitrogens with one attached hydrogen (secondary N) is 1. The molecule has 3 aromatic rings. The van der Waals surface area contributed by atoms with E-state index in [1.165, 1.54) is 7.11 Å². The molecule has 11 nitrogen and oxygen atoms in total. The standard InChI is InChI=1S/C27H36N6O5/c1-16-5-10-19-20(32(16)26(36)38-4)11-12-21-23(19)29-25(28-22-13-14-31(30-22)15-27(2,3)37)33(21)18-8-6-17(7-9-18)24(34)35/h11-14,16-18,37H,5-10,15H2,1-4H3,(H,34,35)(H,28,29,30). The van der Waals surface area contributed by atoms with Crippen molar-refractivity contribution in [3.63, 3.8) is 0 Å². The van der Waals surface area contributed by atoms with E-state index in [1.54, 1.807) is 23.4 Å². The summed E-state index contributed by atoms with van der Waals surface area (Å²) in [5.74, 6) is 0.172. The molecule has 1 aliphatic carbocycles. The van der Waals surface area contributed by atoms with Gasteiger partial charge in [0.1, 0.15) is 0 Å². The molecule has 2 aromatic heterocycles. The zero-order valence-corrected chi connectivity index (χ0v) is 22.3. The van der Waals surface area contributed by atoms with Crippen molar-refractivity contribution in [3.8, 4) is 0 Å². The molecule has 2 aliphatic rings. The molecule has 204 valence electrons. The molecule has 3 heterocycles. The summed E-state index contributed by atoms with van der Waals surface area (Å²) in [4.78, 5) is 30.9. The molecule has 38 heavy (non-hydrogen) atoms. The van der Waals surface area contributed by atoms with Crippen LogP contribution in [0.25, 0.3) is 11.0 Å². The van der Waals surface area contributed by atoms with Gasteiger partial charge in [-0.3, -0.25) is 14.4 Å². The number of hydrogen-bond donors (Lipinski definition) is 3. The van der Waals surface area contributed by atoms with Crippen LogP contribution >= 0.6 is 0 Å². The van der Waals surface area contributed by atoms with E-state index < -0.39 is 11.6 Å².